The molecular weight excluding hydrogens is 211 g/mol. The van der Waals surface area contributed by atoms with Crippen LogP contribution >= 0.6 is 12.2 Å². The molecule has 0 aliphatic carbocycles. The van der Waals surface area contributed by atoms with Crippen LogP contribution in [-0.4, -0.2) is 15.2 Å². The van der Waals surface area contributed by atoms with Crippen molar-refractivity contribution in [2.24, 2.45) is 0 Å². The Kier molecular flexibility index (Phi) is 3.44. The Labute approximate surface area is 65.7 Å². The fraction of sp³-hybridized carbons (Fsp3) is 0. The quantitative estimate of drug-likeness (QED) is 0.486. The van der Waals surface area contributed by atoms with Gasteiger partial charge in [-0.25, -0.2) is 0 Å². The molecule has 0 saturated carbocycles. The van der Waals surface area contributed by atoms with E-state index in [9.17, 15) is 0 Å². The first kappa shape index (κ1) is 7.28. The maximum Gasteiger partial charge on any atom is 2.00 e. The van der Waals surface area contributed by atoms with Crippen LogP contribution in [0, 0.1) is 4.77 Å². The van der Waals surface area contributed by atoms with Gasteiger partial charge in [-0.2, -0.15) is 5.10 Å². The van der Waals surface area contributed by atoms with Gasteiger partial charge in [-0.3, -0.25) is 5.10 Å². The minimum Gasteiger partial charge on any atom is -0.321 e. The van der Waals surface area contributed by atoms with E-state index in [1.165, 1.54) is 6.33 Å². The third kappa shape index (κ3) is 2.17. The summed E-state index contributed by atoms with van der Waals surface area (Å²) < 4.78 is 0.565. The number of rotatable bonds is 0. The van der Waals surface area contributed by atoms with Gasteiger partial charge in [-0.05, 0) is 12.2 Å². The molecular formula is C2H3CdN3S+2. The van der Waals surface area contributed by atoms with E-state index in [-0.39, 0.29) is 27.3 Å². The summed E-state index contributed by atoms with van der Waals surface area (Å²) in [5.41, 5.74) is 0. The molecule has 1 aromatic rings. The zero-order chi connectivity index (χ0) is 4.41. The van der Waals surface area contributed by atoms with E-state index in [0.29, 0.717) is 4.77 Å². The van der Waals surface area contributed by atoms with Gasteiger partial charge in [0.2, 0.25) is 0 Å². The van der Waals surface area contributed by atoms with Crippen LogP contribution < -0.4 is 0 Å². The maximum absolute atomic E-state index is 4.57. The molecule has 0 atom stereocenters. The Morgan fingerprint density at radius 2 is 2.43 bits per heavy atom. The van der Waals surface area contributed by atoms with Crippen molar-refractivity contribution in [2.75, 3.05) is 0 Å². The SMILES string of the molecule is S=c1[nH]cn[nH]1.[Cd+2]. The van der Waals surface area contributed by atoms with Crippen molar-refractivity contribution in [2.45, 2.75) is 0 Å². The molecule has 0 unspecified atom stereocenters. The van der Waals surface area contributed by atoms with Crippen molar-refractivity contribution < 1.29 is 27.3 Å². The van der Waals surface area contributed by atoms with Gasteiger partial charge in [0, 0.05) is 0 Å². The van der Waals surface area contributed by atoms with Crippen molar-refractivity contribution in [1.82, 2.24) is 15.2 Å². The van der Waals surface area contributed by atoms with Gasteiger partial charge in [0.1, 0.15) is 6.33 Å². The van der Waals surface area contributed by atoms with E-state index in [4.69, 9.17) is 0 Å². The van der Waals surface area contributed by atoms with Crippen LogP contribution in [0.3, 0.4) is 0 Å². The van der Waals surface area contributed by atoms with Gasteiger partial charge in [-0.1, -0.05) is 0 Å². The van der Waals surface area contributed by atoms with Gasteiger partial charge in [0.15, 0.2) is 4.77 Å². The first-order valence-electron chi connectivity index (χ1n) is 1.47. The monoisotopic (exact) mass is 215 g/mol. The standard InChI is InChI=1S/C2H3N3S.Cd/c6-2-3-1-4-5-2;/h1H,(H2,3,4,5,6);/q;+2. The summed E-state index contributed by atoms with van der Waals surface area (Å²) >= 11 is 4.57. The average molecular weight is 214 g/mol. The summed E-state index contributed by atoms with van der Waals surface area (Å²) in [6.07, 6.45) is 1.50. The largest absolute Gasteiger partial charge is 2.00 e. The zero-order valence-electron chi connectivity index (χ0n) is 3.64. The summed E-state index contributed by atoms with van der Waals surface area (Å²) in [6, 6.07) is 0. The van der Waals surface area contributed by atoms with Gasteiger partial charge in [0.25, 0.3) is 0 Å². The molecule has 2 N–H and O–H groups in total. The van der Waals surface area contributed by atoms with Crippen LogP contribution in [0.25, 0.3) is 0 Å². The van der Waals surface area contributed by atoms with Crippen molar-refractivity contribution in [3.63, 3.8) is 0 Å². The number of aromatic nitrogens is 3. The molecule has 0 aliphatic rings. The van der Waals surface area contributed by atoms with Gasteiger partial charge in [0.05, 0.1) is 0 Å². The third-order valence-electron chi connectivity index (χ3n) is 0.426. The topological polar surface area (TPSA) is 44.5 Å². The summed E-state index contributed by atoms with van der Waals surface area (Å²) in [5, 5.41) is 6.05. The summed E-state index contributed by atoms with van der Waals surface area (Å²) in [4.78, 5) is 2.65. The number of aromatic amines is 2. The second-order valence-corrected chi connectivity index (χ2v) is 1.25. The Morgan fingerprint density at radius 1 is 1.71 bits per heavy atom. The molecule has 0 amide bonds. The van der Waals surface area contributed by atoms with Crippen LogP contribution in [0.1, 0.15) is 0 Å². The molecule has 0 fully saturated rings. The summed E-state index contributed by atoms with van der Waals surface area (Å²) in [7, 11) is 0. The second-order valence-electron chi connectivity index (χ2n) is 0.843. The molecule has 0 aromatic carbocycles. The van der Waals surface area contributed by atoms with Crippen molar-refractivity contribution in [3.05, 3.63) is 11.1 Å². The van der Waals surface area contributed by atoms with E-state index in [1.54, 1.807) is 0 Å². The van der Waals surface area contributed by atoms with Gasteiger partial charge < -0.3 is 4.98 Å². The molecule has 7 heavy (non-hydrogen) atoms. The van der Waals surface area contributed by atoms with Gasteiger partial charge >= 0.3 is 27.3 Å². The number of hydrogen-bond acceptors (Lipinski definition) is 2. The van der Waals surface area contributed by atoms with Crippen molar-refractivity contribution >= 4 is 12.2 Å². The van der Waals surface area contributed by atoms with Crippen LogP contribution in [0.15, 0.2) is 6.33 Å². The predicted molar refractivity (Wildman–Crippen MR) is 23.8 cm³/mol. The van der Waals surface area contributed by atoms with Crippen molar-refractivity contribution in [1.29, 1.82) is 0 Å². The minimum atomic E-state index is 0. The van der Waals surface area contributed by atoms with Crippen LogP contribution in [0.5, 0.6) is 0 Å². The fourth-order valence-electron chi connectivity index (χ4n) is 0.214. The molecule has 1 aromatic heterocycles. The normalized spacial score (nSPS) is 7.43. The third-order valence-corrected chi connectivity index (χ3v) is 0.635. The summed E-state index contributed by atoms with van der Waals surface area (Å²) in [5.74, 6) is 0. The molecule has 1 rings (SSSR count). The second kappa shape index (κ2) is 3.31. The van der Waals surface area contributed by atoms with Crippen molar-refractivity contribution in [3.8, 4) is 0 Å². The Balaban J connectivity index is 0.000000360. The molecule has 0 aliphatic heterocycles. The average Bonchev–Trinajstić information content (AvgIpc) is 1.86. The first-order valence-corrected chi connectivity index (χ1v) is 1.88. The molecule has 5 heteroatoms. The predicted octanol–water partition coefficient (Wildman–Crippen LogP) is 0.465. The molecule has 32 valence electrons. The number of H-pyrrole nitrogens is 2. The molecule has 1 heterocycles. The van der Waals surface area contributed by atoms with E-state index in [0.717, 1.165) is 0 Å². The minimum absolute atomic E-state index is 0. The summed E-state index contributed by atoms with van der Waals surface area (Å²) in [6.45, 7) is 0. The van der Waals surface area contributed by atoms with Crippen LogP contribution in [-0.2, 0) is 27.3 Å². The van der Waals surface area contributed by atoms with E-state index in [1.807, 2.05) is 0 Å². The molecule has 0 bridgehead atoms. The van der Waals surface area contributed by atoms with E-state index in [2.05, 4.69) is 27.4 Å². The van der Waals surface area contributed by atoms with Crippen LogP contribution in [0.2, 0.25) is 0 Å². The Bertz CT molecular complexity index is 151. The van der Waals surface area contributed by atoms with E-state index >= 15 is 0 Å². The van der Waals surface area contributed by atoms with Crippen LogP contribution in [0.4, 0.5) is 0 Å². The van der Waals surface area contributed by atoms with Gasteiger partial charge in [-0.15, -0.1) is 0 Å². The molecule has 0 spiro atoms. The first-order chi connectivity index (χ1) is 2.89. The Hall–Kier alpha value is 0.282. The molecule has 0 radical (unpaired) electrons. The molecule has 3 nitrogen and oxygen atoms in total. The molecule has 0 saturated heterocycles. The number of nitrogens with one attached hydrogen (secondary N) is 2. The zero-order valence-corrected chi connectivity index (χ0v) is 8.49. The smallest absolute Gasteiger partial charge is 0.321 e. The maximum atomic E-state index is 4.57. The Morgan fingerprint density at radius 3 is 2.57 bits per heavy atom. The number of nitrogens with zero attached hydrogens (tertiary/aromatic N) is 1. The number of hydrogen-bond donors (Lipinski definition) is 2. The van der Waals surface area contributed by atoms with E-state index < -0.39 is 0 Å². The fourth-order valence-corrected chi connectivity index (χ4v) is 0.319.